The molecule has 1 aliphatic rings. The number of hydrogen-bond acceptors (Lipinski definition) is 7. The second-order valence-corrected chi connectivity index (χ2v) is 6.95. The smallest absolute Gasteiger partial charge is 0.237 e. The number of piperidine rings is 1. The van der Waals surface area contributed by atoms with Gasteiger partial charge in [-0.05, 0) is 30.5 Å². The predicted molar refractivity (Wildman–Crippen MR) is 105 cm³/mol. The number of rotatable bonds is 6. The number of ether oxygens (including phenoxy) is 2. The molecule has 0 spiro atoms. The van der Waals surface area contributed by atoms with Crippen LogP contribution in [0.1, 0.15) is 18.4 Å². The minimum Gasteiger partial charge on any atom is -0.473 e. The Labute approximate surface area is 168 Å². The molecule has 1 aromatic carbocycles. The van der Waals surface area contributed by atoms with Crippen LogP contribution in [0.25, 0.3) is 0 Å². The van der Waals surface area contributed by atoms with Crippen molar-refractivity contribution in [2.45, 2.75) is 25.5 Å². The second kappa shape index (κ2) is 8.95. The van der Waals surface area contributed by atoms with Crippen molar-refractivity contribution in [1.82, 2.24) is 24.8 Å². The van der Waals surface area contributed by atoms with Crippen molar-refractivity contribution in [3.05, 3.63) is 66.0 Å². The van der Waals surface area contributed by atoms with Crippen LogP contribution in [0.5, 0.6) is 17.5 Å². The van der Waals surface area contributed by atoms with E-state index in [4.69, 9.17) is 21.1 Å². The van der Waals surface area contributed by atoms with Gasteiger partial charge in [-0.25, -0.2) is 4.98 Å². The summed E-state index contributed by atoms with van der Waals surface area (Å²) in [4.78, 5) is 18.7. The van der Waals surface area contributed by atoms with Gasteiger partial charge in [0.05, 0.1) is 18.6 Å². The van der Waals surface area contributed by atoms with E-state index in [0.717, 1.165) is 38.2 Å². The summed E-state index contributed by atoms with van der Waals surface area (Å²) in [5.74, 6) is 1.73. The van der Waals surface area contributed by atoms with E-state index in [1.54, 1.807) is 24.8 Å². The molecule has 0 N–H and O–H groups in total. The lowest BCUT2D eigenvalue weighted by Gasteiger charge is -2.31. The van der Waals surface area contributed by atoms with E-state index in [0.29, 0.717) is 16.9 Å². The molecule has 1 aliphatic heterocycles. The van der Waals surface area contributed by atoms with E-state index in [9.17, 15) is 0 Å². The molecular formula is C20H20ClN5O2. The van der Waals surface area contributed by atoms with Crippen LogP contribution in [0.2, 0.25) is 5.15 Å². The van der Waals surface area contributed by atoms with Crippen molar-refractivity contribution >= 4 is 11.6 Å². The van der Waals surface area contributed by atoms with Crippen LogP contribution in [-0.4, -0.2) is 44.0 Å². The molecule has 4 rings (SSSR count). The lowest BCUT2D eigenvalue weighted by molar-refractivity contribution is 0.0929. The zero-order valence-electron chi connectivity index (χ0n) is 15.2. The summed E-state index contributed by atoms with van der Waals surface area (Å²) in [7, 11) is 0. The number of likely N-dealkylation sites (tertiary alicyclic amines) is 1. The lowest BCUT2D eigenvalue weighted by atomic mass is 10.1. The van der Waals surface area contributed by atoms with Crippen LogP contribution in [0.3, 0.4) is 0 Å². The summed E-state index contributed by atoms with van der Waals surface area (Å²) in [6.07, 6.45) is 9.96. The lowest BCUT2D eigenvalue weighted by Crippen LogP contribution is -2.37. The number of nitrogens with zero attached hydrogens (tertiary/aromatic N) is 5. The first-order valence-electron chi connectivity index (χ1n) is 9.14. The SMILES string of the molecule is Clc1cncc(OC2CCN(Cc3ccc(Oc4cnccn4)cc3)CC2)n1. The summed E-state index contributed by atoms with van der Waals surface area (Å²) in [6, 6.07) is 8.07. The standard InChI is InChI=1S/C20H20ClN5O2/c21-18-11-23-13-20(25-18)28-17-5-9-26(10-6-17)14-15-1-3-16(4-2-15)27-19-12-22-7-8-24-19/h1-4,7-8,11-13,17H,5-6,9-10,14H2. The molecule has 0 atom stereocenters. The number of benzene rings is 1. The zero-order valence-corrected chi connectivity index (χ0v) is 16.0. The molecule has 8 heteroatoms. The molecule has 1 fully saturated rings. The third-order valence-electron chi connectivity index (χ3n) is 4.50. The van der Waals surface area contributed by atoms with Crippen LogP contribution in [0.15, 0.2) is 55.2 Å². The van der Waals surface area contributed by atoms with Crippen LogP contribution in [0, 0.1) is 0 Å². The minimum absolute atomic E-state index is 0.145. The van der Waals surface area contributed by atoms with Gasteiger partial charge < -0.3 is 9.47 Å². The summed E-state index contributed by atoms with van der Waals surface area (Å²) >= 11 is 5.86. The van der Waals surface area contributed by atoms with Gasteiger partial charge in [0.15, 0.2) is 5.15 Å². The van der Waals surface area contributed by atoms with Gasteiger partial charge in [0.2, 0.25) is 11.8 Å². The molecule has 0 saturated carbocycles. The third-order valence-corrected chi connectivity index (χ3v) is 4.68. The van der Waals surface area contributed by atoms with Crippen LogP contribution < -0.4 is 9.47 Å². The van der Waals surface area contributed by atoms with E-state index >= 15 is 0 Å². The molecule has 7 nitrogen and oxygen atoms in total. The number of halogens is 1. The summed E-state index contributed by atoms with van der Waals surface area (Å²) in [5.41, 5.74) is 1.24. The van der Waals surface area contributed by atoms with Crippen molar-refractivity contribution < 1.29 is 9.47 Å². The Morgan fingerprint density at radius 1 is 0.964 bits per heavy atom. The van der Waals surface area contributed by atoms with Gasteiger partial charge in [-0.3, -0.25) is 14.9 Å². The summed E-state index contributed by atoms with van der Waals surface area (Å²) in [6.45, 7) is 2.84. The fourth-order valence-corrected chi connectivity index (χ4v) is 3.26. The molecular weight excluding hydrogens is 378 g/mol. The fourth-order valence-electron chi connectivity index (χ4n) is 3.12. The highest BCUT2D eigenvalue weighted by Crippen LogP contribution is 2.22. The van der Waals surface area contributed by atoms with Gasteiger partial charge in [0.1, 0.15) is 11.9 Å². The molecule has 2 aromatic heterocycles. The minimum atomic E-state index is 0.145. The molecule has 3 aromatic rings. The monoisotopic (exact) mass is 397 g/mol. The van der Waals surface area contributed by atoms with Gasteiger partial charge in [-0.2, -0.15) is 4.98 Å². The third kappa shape index (κ3) is 5.15. The Hall–Kier alpha value is -2.77. The topological polar surface area (TPSA) is 73.3 Å². The summed E-state index contributed by atoms with van der Waals surface area (Å²) < 4.78 is 11.6. The largest absolute Gasteiger partial charge is 0.473 e. The van der Waals surface area contributed by atoms with Crippen molar-refractivity contribution in [2.75, 3.05) is 13.1 Å². The molecule has 144 valence electrons. The highest BCUT2D eigenvalue weighted by atomic mass is 35.5. The van der Waals surface area contributed by atoms with Crippen molar-refractivity contribution in [3.63, 3.8) is 0 Å². The van der Waals surface area contributed by atoms with Gasteiger partial charge in [0.25, 0.3) is 0 Å². The van der Waals surface area contributed by atoms with Gasteiger partial charge in [-0.15, -0.1) is 0 Å². The zero-order chi connectivity index (χ0) is 19.2. The maximum absolute atomic E-state index is 5.89. The Balaban J connectivity index is 1.25. The first kappa shape index (κ1) is 18.6. The van der Waals surface area contributed by atoms with Crippen molar-refractivity contribution in [1.29, 1.82) is 0 Å². The van der Waals surface area contributed by atoms with E-state index in [-0.39, 0.29) is 6.10 Å². The van der Waals surface area contributed by atoms with E-state index in [2.05, 4.69) is 37.0 Å². The highest BCUT2D eigenvalue weighted by Gasteiger charge is 2.21. The van der Waals surface area contributed by atoms with Crippen LogP contribution >= 0.6 is 11.6 Å². The first-order chi connectivity index (χ1) is 13.7. The Morgan fingerprint density at radius 2 is 1.75 bits per heavy atom. The Morgan fingerprint density at radius 3 is 2.46 bits per heavy atom. The maximum atomic E-state index is 5.89. The molecule has 0 unspecified atom stereocenters. The fraction of sp³-hybridized carbons (Fsp3) is 0.300. The molecule has 0 aliphatic carbocycles. The van der Waals surface area contributed by atoms with Crippen LogP contribution in [-0.2, 0) is 6.54 Å². The molecule has 28 heavy (non-hydrogen) atoms. The van der Waals surface area contributed by atoms with Crippen molar-refractivity contribution in [2.24, 2.45) is 0 Å². The molecule has 1 saturated heterocycles. The highest BCUT2D eigenvalue weighted by molar-refractivity contribution is 6.29. The van der Waals surface area contributed by atoms with E-state index in [1.165, 1.54) is 11.8 Å². The quantitative estimate of drug-likeness (QED) is 0.627. The predicted octanol–water partition coefficient (Wildman–Crippen LogP) is 3.76. The molecule has 0 amide bonds. The normalized spacial score (nSPS) is 15.3. The van der Waals surface area contributed by atoms with E-state index in [1.807, 2.05) is 12.1 Å². The average molecular weight is 398 g/mol. The first-order valence-corrected chi connectivity index (χ1v) is 9.52. The van der Waals surface area contributed by atoms with Gasteiger partial charge in [0, 0.05) is 32.0 Å². The number of hydrogen-bond donors (Lipinski definition) is 0. The van der Waals surface area contributed by atoms with Gasteiger partial charge in [-0.1, -0.05) is 23.7 Å². The van der Waals surface area contributed by atoms with E-state index < -0.39 is 0 Å². The molecule has 0 bridgehead atoms. The molecule has 3 heterocycles. The number of aromatic nitrogens is 4. The second-order valence-electron chi connectivity index (χ2n) is 6.56. The van der Waals surface area contributed by atoms with Crippen LogP contribution in [0.4, 0.5) is 0 Å². The average Bonchev–Trinajstić information content (AvgIpc) is 2.72. The van der Waals surface area contributed by atoms with Gasteiger partial charge >= 0.3 is 0 Å². The van der Waals surface area contributed by atoms with Crippen molar-refractivity contribution in [3.8, 4) is 17.5 Å². The Bertz CT molecular complexity index is 887. The summed E-state index contributed by atoms with van der Waals surface area (Å²) in [5, 5.41) is 0.349. The Kier molecular flexibility index (Phi) is 5.94. The molecule has 0 radical (unpaired) electrons. The maximum Gasteiger partial charge on any atom is 0.237 e.